The Morgan fingerprint density at radius 1 is 1.19 bits per heavy atom. The number of aryl methyl sites for hydroxylation is 1. The molecule has 3 heterocycles. The zero-order chi connectivity index (χ0) is 23.3. The Hall–Kier alpha value is -4.14. The van der Waals surface area contributed by atoms with Gasteiger partial charge in [-0.15, -0.1) is 0 Å². The van der Waals surface area contributed by atoms with Crippen LogP contribution in [0.2, 0.25) is 0 Å². The molecule has 3 aromatic heterocycles. The predicted octanol–water partition coefficient (Wildman–Crippen LogP) is 0.456. The first-order valence-corrected chi connectivity index (χ1v) is 10.5. The minimum absolute atomic E-state index is 0.00156. The van der Waals surface area contributed by atoms with E-state index in [4.69, 9.17) is 9.47 Å². The molecular weight excluding hydrogens is 444 g/mol. The molecule has 0 saturated carbocycles. The number of carbonyl (C=O) groups excluding carboxylic acids is 2. The highest BCUT2D eigenvalue weighted by atomic mass is 32.2. The number of amides is 2. The molecule has 0 aliphatic heterocycles. The fourth-order valence-electron chi connectivity index (χ4n) is 2.49. The SMILES string of the molecule is CCOC(=O)c1cnn(-c2ccccn2)c1S(=O)(=O)NC(=O)Nc1nc(C)nc(OC)n1. The van der Waals surface area contributed by atoms with Crippen molar-refractivity contribution in [2.24, 2.45) is 0 Å². The van der Waals surface area contributed by atoms with Crippen molar-refractivity contribution in [3.63, 3.8) is 0 Å². The van der Waals surface area contributed by atoms with Gasteiger partial charge >= 0.3 is 18.0 Å². The van der Waals surface area contributed by atoms with Crippen LogP contribution in [-0.4, -0.2) is 63.9 Å². The molecule has 0 atom stereocenters. The molecule has 168 valence electrons. The second-order valence-electron chi connectivity index (χ2n) is 5.94. The molecule has 0 aliphatic rings. The fourth-order valence-corrected chi connectivity index (χ4v) is 3.67. The number of nitrogens with one attached hydrogen (secondary N) is 2. The largest absolute Gasteiger partial charge is 0.467 e. The topological polar surface area (TPSA) is 180 Å². The second-order valence-corrected chi connectivity index (χ2v) is 7.53. The van der Waals surface area contributed by atoms with Crippen LogP contribution in [0.1, 0.15) is 23.1 Å². The average molecular weight is 462 g/mol. The van der Waals surface area contributed by atoms with Gasteiger partial charge in [0.15, 0.2) is 10.8 Å². The smallest absolute Gasteiger partial charge is 0.342 e. The predicted molar refractivity (Wildman–Crippen MR) is 108 cm³/mol. The first-order valence-electron chi connectivity index (χ1n) is 9.02. The summed E-state index contributed by atoms with van der Waals surface area (Å²) in [5.41, 5.74) is -0.379. The number of urea groups is 1. The number of carbonyl (C=O) groups is 2. The minimum Gasteiger partial charge on any atom is -0.467 e. The number of aromatic nitrogens is 6. The quantitative estimate of drug-likeness (QED) is 0.465. The molecule has 0 aliphatic carbocycles. The summed E-state index contributed by atoms with van der Waals surface area (Å²) in [6.07, 6.45) is 2.42. The molecule has 0 unspecified atom stereocenters. The van der Waals surface area contributed by atoms with Gasteiger partial charge in [-0.1, -0.05) is 6.07 Å². The van der Waals surface area contributed by atoms with Crippen molar-refractivity contribution >= 4 is 28.0 Å². The fraction of sp³-hybridized carbons (Fsp3) is 0.235. The monoisotopic (exact) mass is 462 g/mol. The van der Waals surface area contributed by atoms with E-state index < -0.39 is 27.0 Å². The van der Waals surface area contributed by atoms with E-state index in [0.29, 0.717) is 0 Å². The number of hydrogen-bond acceptors (Lipinski definition) is 11. The number of methoxy groups -OCH3 is 1. The van der Waals surface area contributed by atoms with Gasteiger partial charge in [-0.2, -0.15) is 28.5 Å². The number of hydrogen-bond donors (Lipinski definition) is 2. The summed E-state index contributed by atoms with van der Waals surface area (Å²) in [5, 5.41) is 5.48. The van der Waals surface area contributed by atoms with Gasteiger partial charge in [-0.25, -0.2) is 24.0 Å². The molecule has 0 aromatic carbocycles. The van der Waals surface area contributed by atoms with Gasteiger partial charge in [0, 0.05) is 6.20 Å². The van der Waals surface area contributed by atoms with Crippen molar-refractivity contribution in [2.75, 3.05) is 19.0 Å². The first-order chi connectivity index (χ1) is 15.2. The van der Waals surface area contributed by atoms with Crippen molar-refractivity contribution in [1.82, 2.24) is 34.4 Å². The normalized spacial score (nSPS) is 11.0. The molecule has 2 amide bonds. The highest BCUT2D eigenvalue weighted by molar-refractivity contribution is 7.90. The Morgan fingerprint density at radius 3 is 2.62 bits per heavy atom. The minimum atomic E-state index is -4.64. The zero-order valence-corrected chi connectivity index (χ0v) is 18.0. The van der Waals surface area contributed by atoms with E-state index in [1.807, 2.05) is 0 Å². The van der Waals surface area contributed by atoms with Crippen LogP contribution in [0, 0.1) is 6.92 Å². The van der Waals surface area contributed by atoms with Crippen LogP contribution >= 0.6 is 0 Å². The van der Waals surface area contributed by atoms with E-state index in [-0.39, 0.29) is 35.8 Å². The van der Waals surface area contributed by atoms with Crippen molar-refractivity contribution in [1.29, 1.82) is 0 Å². The van der Waals surface area contributed by atoms with Crippen LogP contribution in [0.3, 0.4) is 0 Å². The Kier molecular flexibility index (Phi) is 6.58. The van der Waals surface area contributed by atoms with Crippen LogP contribution in [0.4, 0.5) is 10.7 Å². The Morgan fingerprint density at radius 2 is 1.97 bits per heavy atom. The van der Waals surface area contributed by atoms with Gasteiger partial charge in [-0.3, -0.25) is 5.32 Å². The number of ether oxygens (including phenoxy) is 2. The third-order valence-electron chi connectivity index (χ3n) is 3.70. The van der Waals surface area contributed by atoms with Crippen LogP contribution in [0.5, 0.6) is 6.01 Å². The molecule has 0 bridgehead atoms. The maximum absolute atomic E-state index is 13.1. The van der Waals surface area contributed by atoms with Gasteiger partial charge in [-0.05, 0) is 26.0 Å². The Labute approximate surface area is 182 Å². The number of anilines is 1. The van der Waals surface area contributed by atoms with E-state index in [0.717, 1.165) is 10.9 Å². The van der Waals surface area contributed by atoms with Gasteiger partial charge in [0.25, 0.3) is 10.0 Å². The van der Waals surface area contributed by atoms with E-state index in [1.54, 1.807) is 23.8 Å². The van der Waals surface area contributed by atoms with Crippen LogP contribution in [-0.2, 0) is 14.8 Å². The molecule has 0 saturated heterocycles. The summed E-state index contributed by atoms with van der Waals surface area (Å²) >= 11 is 0. The molecule has 32 heavy (non-hydrogen) atoms. The first kappa shape index (κ1) is 22.5. The van der Waals surface area contributed by atoms with Gasteiger partial charge in [0.2, 0.25) is 5.95 Å². The number of nitrogens with zero attached hydrogens (tertiary/aromatic N) is 6. The van der Waals surface area contributed by atoms with Gasteiger partial charge < -0.3 is 9.47 Å². The summed E-state index contributed by atoms with van der Waals surface area (Å²) < 4.78 is 38.6. The molecule has 2 N–H and O–H groups in total. The van der Waals surface area contributed by atoms with Crippen molar-refractivity contribution in [2.45, 2.75) is 18.9 Å². The zero-order valence-electron chi connectivity index (χ0n) is 17.1. The van der Waals surface area contributed by atoms with E-state index in [2.05, 4.69) is 30.4 Å². The molecule has 0 radical (unpaired) electrons. The average Bonchev–Trinajstić information content (AvgIpc) is 3.20. The lowest BCUT2D eigenvalue weighted by Gasteiger charge is -2.11. The van der Waals surface area contributed by atoms with E-state index in [9.17, 15) is 18.0 Å². The molecule has 3 rings (SSSR count). The van der Waals surface area contributed by atoms with Crippen LogP contribution < -0.4 is 14.8 Å². The lowest BCUT2D eigenvalue weighted by molar-refractivity contribution is 0.0521. The van der Waals surface area contributed by atoms with Crippen LogP contribution in [0.25, 0.3) is 5.82 Å². The van der Waals surface area contributed by atoms with Gasteiger partial charge in [0.05, 0.1) is 19.9 Å². The molecular formula is C17H18N8O6S. The Balaban J connectivity index is 1.96. The molecule has 15 heteroatoms. The second kappa shape index (κ2) is 9.34. The van der Waals surface area contributed by atoms with Crippen molar-refractivity contribution in [3.8, 4) is 11.8 Å². The number of pyridine rings is 1. The van der Waals surface area contributed by atoms with Crippen LogP contribution in [0.15, 0.2) is 35.6 Å². The number of rotatable bonds is 7. The maximum Gasteiger partial charge on any atom is 0.342 e. The molecule has 0 fully saturated rings. The molecule has 0 spiro atoms. The van der Waals surface area contributed by atoms with E-state index >= 15 is 0 Å². The summed E-state index contributed by atoms with van der Waals surface area (Å²) in [5.74, 6) is -0.853. The molecule has 14 nitrogen and oxygen atoms in total. The summed E-state index contributed by atoms with van der Waals surface area (Å²) in [6.45, 7) is 3.09. The third kappa shape index (κ3) is 4.94. The summed E-state index contributed by atoms with van der Waals surface area (Å²) in [6, 6.07) is 3.42. The van der Waals surface area contributed by atoms with Crippen molar-refractivity contribution < 1.29 is 27.5 Å². The number of esters is 1. The van der Waals surface area contributed by atoms with E-state index in [1.165, 1.54) is 26.3 Å². The standard InChI is InChI=1S/C17H18N8O6S/c1-4-31-14(26)11-9-19-25(12-7-5-6-8-18-12)13(11)32(28,29)24-16(27)22-15-20-10(2)21-17(23-15)30-3/h5-9H,4H2,1-3H3,(H2,20,21,22,23,24,27). The summed E-state index contributed by atoms with van der Waals surface area (Å²) in [4.78, 5) is 40.3. The third-order valence-corrected chi connectivity index (χ3v) is 5.06. The Bertz CT molecular complexity index is 1250. The maximum atomic E-state index is 13.1. The summed E-state index contributed by atoms with van der Waals surface area (Å²) in [7, 11) is -3.32. The molecule has 3 aromatic rings. The van der Waals surface area contributed by atoms with Gasteiger partial charge in [0.1, 0.15) is 11.4 Å². The highest BCUT2D eigenvalue weighted by Crippen LogP contribution is 2.20. The lowest BCUT2D eigenvalue weighted by atomic mass is 10.4. The highest BCUT2D eigenvalue weighted by Gasteiger charge is 2.32. The lowest BCUT2D eigenvalue weighted by Crippen LogP contribution is -2.36. The van der Waals surface area contributed by atoms with Crippen molar-refractivity contribution in [3.05, 3.63) is 42.0 Å². The number of sulfonamides is 1.